The summed E-state index contributed by atoms with van der Waals surface area (Å²) in [5.41, 5.74) is 0. The third-order valence-electron chi connectivity index (χ3n) is 2.72. The molecule has 0 aliphatic carbocycles. The number of nitrogens with one attached hydrogen (secondary N) is 1. The van der Waals surface area contributed by atoms with E-state index in [-0.39, 0.29) is 12.0 Å². The van der Waals surface area contributed by atoms with Crippen molar-refractivity contribution in [2.75, 3.05) is 32.8 Å². The number of nitrogens with zero attached hydrogens (tertiary/aromatic N) is 1. The molecule has 16 heavy (non-hydrogen) atoms. The van der Waals surface area contributed by atoms with Gasteiger partial charge in [-0.05, 0) is 33.1 Å². The highest BCUT2D eigenvalue weighted by molar-refractivity contribution is 5.78. The summed E-state index contributed by atoms with van der Waals surface area (Å²) < 4.78 is 5.38. The molecule has 0 aromatic carbocycles. The Morgan fingerprint density at radius 2 is 2.00 bits per heavy atom. The minimum Gasteiger partial charge on any atom is -0.377 e. The average Bonchev–Trinajstić information content (AvgIpc) is 2.29. The lowest BCUT2D eigenvalue weighted by molar-refractivity contribution is -0.131. The molecule has 0 spiro atoms. The fraction of sp³-hybridized carbons (Fsp3) is 0.917. The molecular weight excluding hydrogens is 204 g/mol. The minimum atomic E-state index is 0.226. The predicted octanol–water partition coefficient (Wildman–Crippen LogP) is 1.01. The van der Waals surface area contributed by atoms with Gasteiger partial charge in [0.1, 0.15) is 0 Å². The molecule has 0 bridgehead atoms. The van der Waals surface area contributed by atoms with Gasteiger partial charge in [-0.15, -0.1) is 0 Å². The van der Waals surface area contributed by atoms with Crippen LogP contribution >= 0.6 is 0 Å². The highest BCUT2D eigenvalue weighted by Gasteiger charge is 2.15. The molecule has 94 valence electrons. The quantitative estimate of drug-likeness (QED) is 0.690. The molecule has 0 aromatic rings. The molecular formula is C12H24N2O2. The topological polar surface area (TPSA) is 41.6 Å². The van der Waals surface area contributed by atoms with Gasteiger partial charge in [-0.2, -0.15) is 0 Å². The summed E-state index contributed by atoms with van der Waals surface area (Å²) in [4.78, 5) is 13.7. The van der Waals surface area contributed by atoms with Crippen molar-refractivity contribution in [3.05, 3.63) is 0 Å². The molecule has 1 aliphatic heterocycles. The van der Waals surface area contributed by atoms with E-state index in [2.05, 4.69) is 5.32 Å². The maximum Gasteiger partial charge on any atom is 0.236 e. The zero-order valence-electron chi connectivity index (χ0n) is 10.5. The van der Waals surface area contributed by atoms with Crippen LogP contribution in [0.1, 0.15) is 33.1 Å². The zero-order valence-corrected chi connectivity index (χ0v) is 10.5. The Morgan fingerprint density at radius 3 is 2.62 bits per heavy atom. The van der Waals surface area contributed by atoms with Crippen molar-refractivity contribution in [3.63, 3.8) is 0 Å². The highest BCUT2D eigenvalue weighted by Crippen LogP contribution is 2.07. The Balaban J connectivity index is 2.01. The van der Waals surface area contributed by atoms with E-state index in [0.717, 1.165) is 32.5 Å². The van der Waals surface area contributed by atoms with Gasteiger partial charge in [0.15, 0.2) is 0 Å². The lowest BCUT2D eigenvalue weighted by atomic mass is 10.1. The van der Waals surface area contributed by atoms with E-state index in [4.69, 9.17) is 4.74 Å². The molecule has 0 unspecified atom stereocenters. The van der Waals surface area contributed by atoms with Crippen LogP contribution in [0.15, 0.2) is 0 Å². The summed E-state index contributed by atoms with van der Waals surface area (Å²) in [6.07, 6.45) is 3.84. The molecule has 1 amide bonds. The first-order valence-electron chi connectivity index (χ1n) is 6.30. The van der Waals surface area contributed by atoms with Crippen LogP contribution in [-0.4, -0.2) is 49.7 Å². The number of ether oxygens (including phenoxy) is 1. The Hall–Kier alpha value is -0.610. The van der Waals surface area contributed by atoms with Crippen LogP contribution in [0.3, 0.4) is 0 Å². The van der Waals surface area contributed by atoms with Crippen molar-refractivity contribution in [1.29, 1.82) is 0 Å². The molecule has 4 nitrogen and oxygen atoms in total. The van der Waals surface area contributed by atoms with Crippen LogP contribution in [0.2, 0.25) is 0 Å². The molecule has 0 saturated carbocycles. The number of rotatable bonds is 6. The number of carbonyl (C=O) groups is 1. The zero-order chi connectivity index (χ0) is 11.8. The van der Waals surface area contributed by atoms with Crippen molar-refractivity contribution in [1.82, 2.24) is 10.2 Å². The summed E-state index contributed by atoms with van der Waals surface area (Å²) in [7, 11) is 0. The first-order chi connectivity index (χ1) is 7.70. The molecule has 1 aliphatic rings. The normalized spacial score (nSPS) is 16.8. The number of hydrogen-bond acceptors (Lipinski definition) is 3. The second-order valence-electron chi connectivity index (χ2n) is 4.54. The van der Waals surface area contributed by atoms with E-state index < -0.39 is 0 Å². The summed E-state index contributed by atoms with van der Waals surface area (Å²) in [5, 5.41) is 3.12. The second-order valence-corrected chi connectivity index (χ2v) is 4.54. The maximum absolute atomic E-state index is 11.7. The highest BCUT2D eigenvalue weighted by atomic mass is 16.5. The van der Waals surface area contributed by atoms with Crippen LogP contribution in [0, 0.1) is 0 Å². The van der Waals surface area contributed by atoms with Gasteiger partial charge in [0.05, 0.1) is 19.3 Å². The minimum absolute atomic E-state index is 0.226. The monoisotopic (exact) mass is 228 g/mol. The largest absolute Gasteiger partial charge is 0.377 e. The summed E-state index contributed by atoms with van der Waals surface area (Å²) in [5.74, 6) is 0.226. The van der Waals surface area contributed by atoms with Crippen LogP contribution in [-0.2, 0) is 9.53 Å². The SMILES string of the molecule is CC(C)OCCNCC(=O)N1CCCCC1. The van der Waals surface area contributed by atoms with E-state index in [0.29, 0.717) is 13.2 Å². The smallest absolute Gasteiger partial charge is 0.236 e. The Bertz CT molecular complexity index is 201. The summed E-state index contributed by atoms with van der Waals surface area (Å²) in [6, 6.07) is 0. The standard InChI is InChI=1S/C12H24N2O2/c1-11(2)16-9-6-13-10-12(15)14-7-4-3-5-8-14/h11,13H,3-10H2,1-2H3. The fourth-order valence-corrected chi connectivity index (χ4v) is 1.82. The van der Waals surface area contributed by atoms with Gasteiger partial charge in [0, 0.05) is 19.6 Å². The molecule has 0 radical (unpaired) electrons. The van der Waals surface area contributed by atoms with E-state index in [1.165, 1.54) is 6.42 Å². The first-order valence-corrected chi connectivity index (χ1v) is 6.30. The van der Waals surface area contributed by atoms with Crippen molar-refractivity contribution < 1.29 is 9.53 Å². The summed E-state index contributed by atoms with van der Waals surface area (Å²) >= 11 is 0. The predicted molar refractivity (Wildman–Crippen MR) is 64.4 cm³/mol. The molecule has 0 atom stereocenters. The first kappa shape index (κ1) is 13.5. The van der Waals surface area contributed by atoms with Crippen LogP contribution < -0.4 is 5.32 Å². The third kappa shape index (κ3) is 5.47. The number of likely N-dealkylation sites (tertiary alicyclic amines) is 1. The van der Waals surface area contributed by atoms with Gasteiger partial charge in [-0.1, -0.05) is 0 Å². The lowest BCUT2D eigenvalue weighted by Gasteiger charge is -2.26. The molecule has 0 aromatic heterocycles. The van der Waals surface area contributed by atoms with E-state index in [1.54, 1.807) is 0 Å². The molecule has 1 heterocycles. The number of piperidine rings is 1. The Morgan fingerprint density at radius 1 is 1.31 bits per heavy atom. The number of hydrogen-bond donors (Lipinski definition) is 1. The van der Waals surface area contributed by atoms with Gasteiger partial charge in [-0.3, -0.25) is 4.79 Å². The summed E-state index contributed by atoms with van der Waals surface area (Å²) in [6.45, 7) is 7.76. The molecule has 1 fully saturated rings. The maximum atomic E-state index is 11.7. The second kappa shape index (κ2) is 7.63. The van der Waals surface area contributed by atoms with Crippen molar-refractivity contribution >= 4 is 5.91 Å². The van der Waals surface area contributed by atoms with Gasteiger partial charge in [-0.25, -0.2) is 0 Å². The fourth-order valence-electron chi connectivity index (χ4n) is 1.82. The number of carbonyl (C=O) groups excluding carboxylic acids is 1. The van der Waals surface area contributed by atoms with E-state index in [1.807, 2.05) is 18.7 Å². The van der Waals surface area contributed by atoms with Crippen molar-refractivity contribution in [2.45, 2.75) is 39.2 Å². The Labute approximate surface area is 98.3 Å². The van der Waals surface area contributed by atoms with Crippen molar-refractivity contribution in [3.8, 4) is 0 Å². The third-order valence-corrected chi connectivity index (χ3v) is 2.72. The van der Waals surface area contributed by atoms with Crippen LogP contribution in [0.4, 0.5) is 0 Å². The molecule has 4 heteroatoms. The van der Waals surface area contributed by atoms with Gasteiger partial charge >= 0.3 is 0 Å². The van der Waals surface area contributed by atoms with Gasteiger partial charge in [0.25, 0.3) is 0 Å². The van der Waals surface area contributed by atoms with Gasteiger partial charge < -0.3 is 15.0 Å². The van der Waals surface area contributed by atoms with Crippen LogP contribution in [0.25, 0.3) is 0 Å². The van der Waals surface area contributed by atoms with Crippen molar-refractivity contribution in [2.24, 2.45) is 0 Å². The Kier molecular flexibility index (Phi) is 6.42. The van der Waals surface area contributed by atoms with Crippen LogP contribution in [0.5, 0.6) is 0 Å². The lowest BCUT2D eigenvalue weighted by Crippen LogP contribution is -2.41. The molecule has 1 saturated heterocycles. The van der Waals surface area contributed by atoms with Gasteiger partial charge in [0.2, 0.25) is 5.91 Å². The molecule has 1 rings (SSSR count). The van der Waals surface area contributed by atoms with E-state index >= 15 is 0 Å². The molecule has 1 N–H and O–H groups in total. The van der Waals surface area contributed by atoms with E-state index in [9.17, 15) is 4.79 Å². The number of amides is 1. The average molecular weight is 228 g/mol.